The minimum atomic E-state index is -0.0388. The number of hydrogen-bond acceptors (Lipinski definition) is 2. The Bertz CT molecular complexity index is 556. The number of ether oxygens (including phenoxy) is 1. The van der Waals surface area contributed by atoms with Crippen LogP contribution in [-0.2, 0) is 10.2 Å². The number of halogens is 1. The van der Waals surface area contributed by atoms with Crippen molar-refractivity contribution in [3.63, 3.8) is 0 Å². The molecule has 0 bridgehead atoms. The topological polar surface area (TPSA) is 36.9 Å². The van der Waals surface area contributed by atoms with Gasteiger partial charge >= 0.3 is 0 Å². The third-order valence-electron chi connectivity index (χ3n) is 4.97. The molecule has 2 rings (SSSR count). The van der Waals surface area contributed by atoms with E-state index in [-0.39, 0.29) is 5.41 Å². The summed E-state index contributed by atoms with van der Waals surface area (Å²) in [5.74, 6) is 0.980. The Labute approximate surface area is 157 Å². The predicted octanol–water partition coefficient (Wildman–Crippen LogP) is 4.09. The Balaban J connectivity index is 2.24. The van der Waals surface area contributed by atoms with Crippen molar-refractivity contribution in [1.82, 2.24) is 10.2 Å². The molecule has 1 saturated heterocycles. The van der Waals surface area contributed by atoms with E-state index in [1.54, 1.807) is 0 Å². The normalized spacial score (nSPS) is 17.4. The van der Waals surface area contributed by atoms with Crippen molar-refractivity contribution in [2.24, 2.45) is 4.99 Å². The second-order valence-electron chi connectivity index (χ2n) is 6.82. The molecule has 1 fully saturated rings. The first-order valence-electron chi connectivity index (χ1n) is 9.45. The van der Waals surface area contributed by atoms with Crippen LogP contribution in [0.1, 0.15) is 45.1 Å². The highest BCUT2D eigenvalue weighted by molar-refractivity contribution is 6.31. The standard InChI is InChI=1S/C20H32ClN3O/c1-4-6-13-24(3)19(22-5-2)23-16-20(11-14-25-15-12-20)17-9-7-8-10-18(17)21/h7-10H,4-6,11-16H2,1-3H3,(H,22,23). The third kappa shape index (κ3) is 5.35. The van der Waals surface area contributed by atoms with Crippen molar-refractivity contribution in [3.05, 3.63) is 34.9 Å². The van der Waals surface area contributed by atoms with E-state index in [2.05, 4.69) is 43.2 Å². The molecule has 0 atom stereocenters. The Kier molecular flexibility index (Phi) is 8.04. The summed E-state index contributed by atoms with van der Waals surface area (Å²) in [6.07, 6.45) is 4.27. The van der Waals surface area contributed by atoms with Gasteiger partial charge in [-0.15, -0.1) is 0 Å². The van der Waals surface area contributed by atoms with Gasteiger partial charge in [-0.1, -0.05) is 43.1 Å². The van der Waals surface area contributed by atoms with Crippen molar-refractivity contribution in [1.29, 1.82) is 0 Å². The van der Waals surface area contributed by atoms with E-state index in [9.17, 15) is 0 Å². The lowest BCUT2D eigenvalue weighted by Crippen LogP contribution is -2.42. The van der Waals surface area contributed by atoms with Crippen molar-refractivity contribution in [2.75, 3.05) is 39.9 Å². The lowest BCUT2D eigenvalue weighted by molar-refractivity contribution is 0.0530. The van der Waals surface area contributed by atoms with Crippen LogP contribution in [0.2, 0.25) is 5.02 Å². The number of aliphatic imine (C=N–C) groups is 1. The summed E-state index contributed by atoms with van der Waals surface area (Å²) in [7, 11) is 2.11. The van der Waals surface area contributed by atoms with Crippen LogP contribution in [0.15, 0.2) is 29.3 Å². The largest absolute Gasteiger partial charge is 0.381 e. The summed E-state index contributed by atoms with van der Waals surface area (Å²) in [5.41, 5.74) is 1.17. The molecule has 1 aliphatic heterocycles. The molecule has 0 amide bonds. The molecule has 140 valence electrons. The molecule has 1 N–H and O–H groups in total. The highest BCUT2D eigenvalue weighted by Crippen LogP contribution is 2.38. The Morgan fingerprint density at radius 1 is 1.28 bits per heavy atom. The summed E-state index contributed by atoms with van der Waals surface area (Å²) in [6, 6.07) is 8.19. The van der Waals surface area contributed by atoms with Gasteiger partial charge in [-0.05, 0) is 37.8 Å². The second kappa shape index (κ2) is 10.0. The monoisotopic (exact) mass is 365 g/mol. The molecule has 25 heavy (non-hydrogen) atoms. The van der Waals surface area contributed by atoms with Gasteiger partial charge in [0.05, 0.1) is 6.54 Å². The fraction of sp³-hybridized carbons (Fsp3) is 0.650. The molecule has 1 aromatic carbocycles. The van der Waals surface area contributed by atoms with E-state index in [4.69, 9.17) is 21.3 Å². The molecule has 0 aliphatic carbocycles. The quantitative estimate of drug-likeness (QED) is 0.584. The number of unbranched alkanes of at least 4 members (excludes halogenated alkanes) is 1. The van der Waals surface area contributed by atoms with Crippen LogP contribution in [0, 0.1) is 0 Å². The number of benzene rings is 1. The van der Waals surface area contributed by atoms with Gasteiger partial charge in [-0.25, -0.2) is 0 Å². The summed E-state index contributed by atoms with van der Waals surface area (Å²) < 4.78 is 5.62. The molecule has 1 aromatic rings. The highest BCUT2D eigenvalue weighted by Gasteiger charge is 2.36. The zero-order valence-electron chi connectivity index (χ0n) is 15.9. The van der Waals surface area contributed by atoms with Gasteiger partial charge in [0.2, 0.25) is 0 Å². The molecule has 0 unspecified atom stereocenters. The SMILES string of the molecule is CCCCN(C)C(=NCC1(c2ccccc2Cl)CCOCC1)NCC. The summed E-state index contributed by atoms with van der Waals surface area (Å²) in [6.45, 7) is 8.49. The number of guanidine groups is 1. The van der Waals surface area contributed by atoms with E-state index in [1.807, 2.05) is 12.1 Å². The van der Waals surface area contributed by atoms with E-state index < -0.39 is 0 Å². The minimum absolute atomic E-state index is 0.0388. The summed E-state index contributed by atoms with van der Waals surface area (Å²) in [5, 5.41) is 4.26. The minimum Gasteiger partial charge on any atom is -0.381 e. The van der Waals surface area contributed by atoms with Crippen LogP contribution >= 0.6 is 11.6 Å². The average Bonchev–Trinajstić information content (AvgIpc) is 2.64. The van der Waals surface area contributed by atoms with Crippen LogP contribution in [-0.4, -0.2) is 50.8 Å². The van der Waals surface area contributed by atoms with Gasteiger partial charge in [0, 0.05) is 43.8 Å². The maximum Gasteiger partial charge on any atom is 0.193 e. The molecule has 5 heteroatoms. The second-order valence-corrected chi connectivity index (χ2v) is 7.23. The maximum absolute atomic E-state index is 6.54. The number of rotatable bonds is 7. The van der Waals surface area contributed by atoms with Crippen molar-refractivity contribution < 1.29 is 4.74 Å². The first kappa shape index (κ1) is 20.1. The van der Waals surface area contributed by atoms with E-state index >= 15 is 0 Å². The van der Waals surface area contributed by atoms with Crippen LogP contribution in [0.25, 0.3) is 0 Å². The molecule has 0 aromatic heterocycles. The first-order valence-corrected chi connectivity index (χ1v) is 9.83. The van der Waals surface area contributed by atoms with Crippen molar-refractivity contribution >= 4 is 17.6 Å². The van der Waals surface area contributed by atoms with Crippen molar-refractivity contribution in [3.8, 4) is 0 Å². The van der Waals surface area contributed by atoms with Crippen LogP contribution < -0.4 is 5.32 Å². The smallest absolute Gasteiger partial charge is 0.193 e. The molecule has 0 radical (unpaired) electrons. The number of hydrogen-bond donors (Lipinski definition) is 1. The lowest BCUT2D eigenvalue weighted by atomic mass is 9.74. The van der Waals surface area contributed by atoms with E-state index in [0.717, 1.165) is 56.7 Å². The summed E-state index contributed by atoms with van der Waals surface area (Å²) in [4.78, 5) is 7.23. The van der Waals surface area contributed by atoms with Gasteiger partial charge in [0.1, 0.15) is 0 Å². The Morgan fingerprint density at radius 3 is 2.64 bits per heavy atom. The number of nitrogens with zero attached hydrogens (tertiary/aromatic N) is 2. The van der Waals surface area contributed by atoms with Crippen LogP contribution in [0.4, 0.5) is 0 Å². The van der Waals surface area contributed by atoms with Crippen LogP contribution in [0.5, 0.6) is 0 Å². The maximum atomic E-state index is 6.54. The Morgan fingerprint density at radius 2 is 2.00 bits per heavy atom. The molecular formula is C20H32ClN3O. The fourth-order valence-corrected chi connectivity index (χ4v) is 3.70. The van der Waals surface area contributed by atoms with Gasteiger partial charge < -0.3 is 15.0 Å². The first-order chi connectivity index (χ1) is 12.1. The molecule has 1 aliphatic rings. The third-order valence-corrected chi connectivity index (χ3v) is 5.30. The molecule has 4 nitrogen and oxygen atoms in total. The Hall–Kier alpha value is -1.26. The van der Waals surface area contributed by atoms with E-state index in [0.29, 0.717) is 0 Å². The predicted molar refractivity (Wildman–Crippen MR) is 107 cm³/mol. The molecule has 0 saturated carbocycles. The van der Waals surface area contributed by atoms with Crippen LogP contribution in [0.3, 0.4) is 0 Å². The summed E-state index contributed by atoms with van der Waals surface area (Å²) >= 11 is 6.54. The molecule has 1 heterocycles. The zero-order valence-corrected chi connectivity index (χ0v) is 16.6. The average molecular weight is 366 g/mol. The van der Waals surface area contributed by atoms with E-state index in [1.165, 1.54) is 18.4 Å². The lowest BCUT2D eigenvalue weighted by Gasteiger charge is -2.37. The zero-order chi connectivity index (χ0) is 18.1. The number of nitrogens with one attached hydrogen (secondary N) is 1. The van der Waals surface area contributed by atoms with Gasteiger partial charge in [0.15, 0.2) is 5.96 Å². The van der Waals surface area contributed by atoms with Gasteiger partial charge in [-0.2, -0.15) is 0 Å². The van der Waals surface area contributed by atoms with Gasteiger partial charge in [-0.3, -0.25) is 4.99 Å². The molecular weight excluding hydrogens is 334 g/mol. The van der Waals surface area contributed by atoms with Crippen molar-refractivity contribution in [2.45, 2.75) is 44.9 Å². The molecule has 0 spiro atoms. The van der Waals surface area contributed by atoms with Gasteiger partial charge in [0.25, 0.3) is 0 Å². The fourth-order valence-electron chi connectivity index (χ4n) is 3.36. The highest BCUT2D eigenvalue weighted by atomic mass is 35.5.